The summed E-state index contributed by atoms with van der Waals surface area (Å²) < 4.78 is 2.03. The van der Waals surface area contributed by atoms with Crippen LogP contribution in [-0.4, -0.2) is 10.9 Å². The van der Waals surface area contributed by atoms with Gasteiger partial charge in [-0.15, -0.1) is 6.58 Å². The maximum atomic E-state index is 10.9. The van der Waals surface area contributed by atoms with E-state index in [0.717, 1.165) is 30.2 Å². The van der Waals surface area contributed by atoms with Gasteiger partial charge in [0.15, 0.2) is 6.29 Å². The Morgan fingerprint density at radius 1 is 1.44 bits per heavy atom. The number of fused-ring (bicyclic) bond motifs is 1. The Morgan fingerprint density at radius 3 is 2.94 bits per heavy atom. The van der Waals surface area contributed by atoms with Gasteiger partial charge < -0.3 is 4.57 Å². The van der Waals surface area contributed by atoms with Gasteiger partial charge in [-0.2, -0.15) is 0 Å². The van der Waals surface area contributed by atoms with E-state index in [2.05, 4.69) is 6.58 Å². The van der Waals surface area contributed by atoms with Crippen molar-refractivity contribution in [2.45, 2.75) is 13.0 Å². The van der Waals surface area contributed by atoms with E-state index >= 15 is 0 Å². The molecule has 2 aromatic rings. The van der Waals surface area contributed by atoms with Gasteiger partial charge >= 0.3 is 0 Å². The maximum Gasteiger partial charge on any atom is 0.152 e. The number of allylic oxidation sites excluding steroid dienone is 1. The van der Waals surface area contributed by atoms with Crippen LogP contribution in [0, 0.1) is 0 Å². The van der Waals surface area contributed by atoms with Crippen LogP contribution in [0.4, 0.5) is 0 Å². The van der Waals surface area contributed by atoms with Crippen molar-refractivity contribution in [3.63, 3.8) is 0 Å². The van der Waals surface area contributed by atoms with Crippen molar-refractivity contribution in [1.29, 1.82) is 0 Å². The summed E-state index contributed by atoms with van der Waals surface area (Å²) in [4.78, 5) is 10.9. The van der Waals surface area contributed by atoms with E-state index < -0.39 is 0 Å². The van der Waals surface area contributed by atoms with E-state index in [9.17, 15) is 4.79 Å². The average molecular weight is 234 g/mol. The zero-order valence-electron chi connectivity index (χ0n) is 8.82. The van der Waals surface area contributed by atoms with Gasteiger partial charge in [-0.25, -0.2) is 0 Å². The summed E-state index contributed by atoms with van der Waals surface area (Å²) in [7, 11) is 0. The number of aryl methyl sites for hydroxylation is 1. The van der Waals surface area contributed by atoms with Crippen LogP contribution in [0.1, 0.15) is 16.8 Å². The molecule has 0 N–H and O–H groups in total. The first-order valence-electron chi connectivity index (χ1n) is 5.10. The molecule has 0 aliphatic heterocycles. The zero-order chi connectivity index (χ0) is 11.5. The number of aldehydes is 1. The Kier molecular flexibility index (Phi) is 3.11. The van der Waals surface area contributed by atoms with Crippen molar-refractivity contribution in [2.75, 3.05) is 0 Å². The summed E-state index contributed by atoms with van der Waals surface area (Å²) in [5.41, 5.74) is 1.70. The molecule has 0 fully saturated rings. The van der Waals surface area contributed by atoms with E-state index in [4.69, 9.17) is 11.6 Å². The number of carbonyl (C=O) groups is 1. The fraction of sp³-hybridized carbons (Fsp3) is 0.154. The van der Waals surface area contributed by atoms with E-state index in [-0.39, 0.29) is 0 Å². The van der Waals surface area contributed by atoms with Gasteiger partial charge in [-0.3, -0.25) is 4.79 Å². The van der Waals surface area contributed by atoms with E-state index in [1.54, 1.807) is 6.07 Å². The molecule has 3 heteroatoms. The highest BCUT2D eigenvalue weighted by Gasteiger charge is 2.07. The van der Waals surface area contributed by atoms with Gasteiger partial charge in [0.2, 0.25) is 0 Å². The third-order valence-corrected chi connectivity index (χ3v) is 2.81. The molecule has 0 saturated carbocycles. The lowest BCUT2D eigenvalue weighted by Gasteiger charge is -2.02. The molecule has 0 atom stereocenters. The minimum atomic E-state index is 0.683. The summed E-state index contributed by atoms with van der Waals surface area (Å²) in [5.74, 6) is 0. The molecule has 16 heavy (non-hydrogen) atoms. The van der Waals surface area contributed by atoms with Gasteiger partial charge in [-0.1, -0.05) is 23.7 Å². The molecule has 0 amide bonds. The highest BCUT2D eigenvalue weighted by Crippen LogP contribution is 2.24. The number of hydrogen-bond donors (Lipinski definition) is 0. The first-order valence-corrected chi connectivity index (χ1v) is 5.48. The van der Waals surface area contributed by atoms with Crippen molar-refractivity contribution in [2.24, 2.45) is 0 Å². The molecule has 1 heterocycles. The predicted molar refractivity (Wildman–Crippen MR) is 67.1 cm³/mol. The number of hydrogen-bond acceptors (Lipinski definition) is 1. The highest BCUT2D eigenvalue weighted by atomic mass is 35.5. The molecular weight excluding hydrogens is 222 g/mol. The van der Waals surface area contributed by atoms with Gasteiger partial charge in [0.25, 0.3) is 0 Å². The average Bonchev–Trinajstić information content (AvgIpc) is 2.64. The molecule has 0 spiro atoms. The maximum absolute atomic E-state index is 10.9. The van der Waals surface area contributed by atoms with Gasteiger partial charge in [0.1, 0.15) is 0 Å². The van der Waals surface area contributed by atoms with Gasteiger partial charge in [0.05, 0.1) is 5.52 Å². The lowest BCUT2D eigenvalue weighted by Crippen LogP contribution is -1.94. The minimum Gasteiger partial charge on any atom is -0.346 e. The topological polar surface area (TPSA) is 22.0 Å². The predicted octanol–water partition coefficient (Wildman–Crippen LogP) is 3.68. The first kappa shape index (κ1) is 11.0. The Labute approximate surface area is 99.1 Å². The summed E-state index contributed by atoms with van der Waals surface area (Å²) in [6.45, 7) is 4.51. The van der Waals surface area contributed by atoms with E-state index in [1.807, 2.05) is 29.0 Å². The van der Waals surface area contributed by atoms with E-state index in [0.29, 0.717) is 10.6 Å². The molecule has 82 valence electrons. The number of nitrogens with zero attached hydrogens (tertiary/aromatic N) is 1. The molecule has 0 radical (unpaired) electrons. The smallest absolute Gasteiger partial charge is 0.152 e. The number of halogens is 1. The van der Waals surface area contributed by atoms with Gasteiger partial charge in [-0.05, 0) is 18.6 Å². The largest absolute Gasteiger partial charge is 0.346 e. The Hall–Kier alpha value is -1.54. The Balaban J connectivity index is 2.59. The molecule has 2 nitrogen and oxygen atoms in total. The standard InChI is InChI=1S/C13H12ClNO/c1-2-3-6-15-8-10(9-16)12-5-4-11(14)7-13(12)15/h2,4-5,7-9H,1,3,6H2. The normalized spacial score (nSPS) is 10.6. The van der Waals surface area contributed by atoms with E-state index in [1.165, 1.54) is 0 Å². The van der Waals surface area contributed by atoms with Crippen LogP contribution in [0.25, 0.3) is 10.9 Å². The van der Waals surface area contributed by atoms with Crippen molar-refractivity contribution < 1.29 is 4.79 Å². The number of carbonyl (C=O) groups excluding carboxylic acids is 1. The molecule has 0 saturated heterocycles. The summed E-state index contributed by atoms with van der Waals surface area (Å²) >= 11 is 5.96. The van der Waals surface area contributed by atoms with Crippen molar-refractivity contribution in [1.82, 2.24) is 4.57 Å². The monoisotopic (exact) mass is 233 g/mol. The fourth-order valence-corrected chi connectivity index (χ4v) is 1.97. The van der Waals surface area contributed by atoms with Gasteiger partial charge in [0, 0.05) is 28.7 Å². The Morgan fingerprint density at radius 2 is 2.25 bits per heavy atom. The molecule has 2 rings (SSSR count). The zero-order valence-corrected chi connectivity index (χ0v) is 9.57. The van der Waals surface area contributed by atoms with Crippen LogP contribution in [-0.2, 0) is 6.54 Å². The molecule has 1 aromatic heterocycles. The summed E-state index contributed by atoms with van der Waals surface area (Å²) in [5, 5.41) is 1.63. The van der Waals surface area contributed by atoms with Crippen molar-refractivity contribution >= 4 is 28.8 Å². The van der Waals surface area contributed by atoms with Crippen molar-refractivity contribution in [3.05, 3.63) is 47.6 Å². The van der Waals surface area contributed by atoms with Crippen LogP contribution in [0.2, 0.25) is 5.02 Å². The second-order valence-corrected chi connectivity index (χ2v) is 4.07. The van der Waals surface area contributed by atoms with Crippen molar-refractivity contribution in [3.8, 4) is 0 Å². The third-order valence-electron chi connectivity index (χ3n) is 2.58. The lowest BCUT2D eigenvalue weighted by molar-refractivity contribution is 0.112. The van der Waals surface area contributed by atoms with Crippen LogP contribution < -0.4 is 0 Å². The third kappa shape index (κ3) is 1.89. The first-order chi connectivity index (χ1) is 7.76. The molecule has 0 bridgehead atoms. The molecule has 0 aliphatic rings. The number of aromatic nitrogens is 1. The van der Waals surface area contributed by atoms with Crippen LogP contribution in [0.3, 0.4) is 0 Å². The molecule has 1 aromatic carbocycles. The molecule has 0 unspecified atom stereocenters. The second-order valence-electron chi connectivity index (χ2n) is 3.63. The minimum absolute atomic E-state index is 0.683. The SMILES string of the molecule is C=CCCn1cc(C=O)c2ccc(Cl)cc21. The van der Waals surface area contributed by atoms with Crippen LogP contribution >= 0.6 is 11.6 Å². The van der Waals surface area contributed by atoms with Crippen LogP contribution in [0.15, 0.2) is 37.1 Å². The second kappa shape index (κ2) is 4.54. The number of rotatable bonds is 4. The molecule has 0 aliphatic carbocycles. The van der Waals surface area contributed by atoms with Crippen LogP contribution in [0.5, 0.6) is 0 Å². The quantitative estimate of drug-likeness (QED) is 0.583. The summed E-state index contributed by atoms with van der Waals surface area (Å²) in [6, 6.07) is 5.56. The fourth-order valence-electron chi connectivity index (χ4n) is 1.80. The highest BCUT2D eigenvalue weighted by molar-refractivity contribution is 6.31. The molecular formula is C13H12ClNO. The summed E-state index contributed by atoms with van der Waals surface area (Å²) in [6.07, 6.45) is 5.46. The lowest BCUT2D eigenvalue weighted by atomic mass is 10.2. The number of benzene rings is 1. The Bertz CT molecular complexity index is 542.